The van der Waals surface area contributed by atoms with E-state index in [0.717, 1.165) is 6.42 Å². The summed E-state index contributed by atoms with van der Waals surface area (Å²) in [6.45, 7) is 2.15. The van der Waals surface area contributed by atoms with Crippen molar-refractivity contribution in [2.45, 2.75) is 19.8 Å². The van der Waals surface area contributed by atoms with Crippen LogP contribution in [0.4, 0.5) is 11.4 Å². The number of hydrogen-bond acceptors (Lipinski definition) is 4. The molecule has 31 heavy (non-hydrogen) atoms. The van der Waals surface area contributed by atoms with E-state index in [2.05, 4.69) is 5.32 Å². The van der Waals surface area contributed by atoms with Crippen LogP contribution in [0, 0.1) is 6.92 Å². The van der Waals surface area contributed by atoms with Gasteiger partial charge in [0.2, 0.25) is 10.0 Å². The van der Waals surface area contributed by atoms with Gasteiger partial charge in [0.1, 0.15) is 5.69 Å². The van der Waals surface area contributed by atoms with Gasteiger partial charge in [-0.2, -0.15) is 0 Å². The maximum Gasteiger partial charge on any atom is 0.295 e. The predicted octanol–water partition coefficient (Wildman–Crippen LogP) is 2.67. The van der Waals surface area contributed by atoms with Crippen molar-refractivity contribution in [2.24, 2.45) is 7.05 Å². The van der Waals surface area contributed by atoms with Crippen LogP contribution < -0.4 is 15.2 Å². The summed E-state index contributed by atoms with van der Waals surface area (Å²) >= 11 is 0. The number of amides is 1. The molecule has 1 amide bonds. The highest BCUT2D eigenvalue weighted by molar-refractivity contribution is 7.92. The summed E-state index contributed by atoms with van der Waals surface area (Å²) < 4.78 is 29.3. The minimum Gasteiger partial charge on any atom is -0.316 e. The fourth-order valence-electron chi connectivity index (χ4n) is 3.78. The summed E-state index contributed by atoms with van der Waals surface area (Å²) in [5.74, 6) is -0.367. The molecule has 1 fully saturated rings. The zero-order chi connectivity index (χ0) is 22.2. The number of nitrogens with zero attached hydrogens (tertiary/aromatic N) is 3. The first-order valence-electron chi connectivity index (χ1n) is 10.1. The molecule has 0 spiro atoms. The number of carbonyl (C=O) groups excluding carboxylic acids is 1. The Kier molecular flexibility index (Phi) is 5.45. The SMILES string of the molecule is Cc1c(NC(=O)c2cccc(N3CCCCS3(=O)=O)c2)c(=O)n(-c2ccccc2)n1C. The highest BCUT2D eigenvalue weighted by Gasteiger charge is 2.26. The molecule has 1 saturated heterocycles. The van der Waals surface area contributed by atoms with Crippen LogP contribution >= 0.6 is 0 Å². The van der Waals surface area contributed by atoms with Crippen LogP contribution in [0.2, 0.25) is 0 Å². The maximum atomic E-state index is 13.0. The number of anilines is 2. The molecule has 0 radical (unpaired) electrons. The van der Waals surface area contributed by atoms with Gasteiger partial charge in [0.15, 0.2) is 0 Å². The van der Waals surface area contributed by atoms with Crippen LogP contribution in [0.5, 0.6) is 0 Å². The molecule has 1 N–H and O–H groups in total. The predicted molar refractivity (Wildman–Crippen MR) is 121 cm³/mol. The average molecular weight is 441 g/mol. The van der Waals surface area contributed by atoms with E-state index in [1.54, 1.807) is 42.9 Å². The molecular formula is C22H24N4O4S. The van der Waals surface area contributed by atoms with Crippen LogP contribution in [0.3, 0.4) is 0 Å². The lowest BCUT2D eigenvalue weighted by Gasteiger charge is -2.28. The highest BCUT2D eigenvalue weighted by atomic mass is 32.2. The van der Waals surface area contributed by atoms with Crippen LogP contribution in [-0.4, -0.2) is 36.0 Å². The standard InChI is InChI=1S/C22H24N4O4S/c1-16-20(22(28)26(24(16)2)18-10-4-3-5-11-18)23-21(27)17-9-8-12-19(15-17)25-13-6-7-14-31(25,29)30/h3-5,8-12,15H,6-7,13-14H2,1-2H3,(H,23,27). The van der Waals surface area contributed by atoms with Gasteiger partial charge in [0.25, 0.3) is 11.5 Å². The second-order valence-corrected chi connectivity index (χ2v) is 9.55. The van der Waals surface area contributed by atoms with Gasteiger partial charge in [-0.3, -0.25) is 18.6 Å². The van der Waals surface area contributed by atoms with Gasteiger partial charge in [0, 0.05) is 19.2 Å². The largest absolute Gasteiger partial charge is 0.316 e. The quantitative estimate of drug-likeness (QED) is 0.675. The van der Waals surface area contributed by atoms with Gasteiger partial charge in [-0.05, 0) is 50.1 Å². The third-order valence-electron chi connectivity index (χ3n) is 5.54. The van der Waals surface area contributed by atoms with Gasteiger partial charge in [-0.1, -0.05) is 24.3 Å². The summed E-state index contributed by atoms with van der Waals surface area (Å²) in [5.41, 5.74) is 1.89. The summed E-state index contributed by atoms with van der Waals surface area (Å²) in [7, 11) is -1.63. The Hall–Kier alpha value is -3.33. The minimum absolute atomic E-state index is 0.103. The molecule has 0 atom stereocenters. The van der Waals surface area contributed by atoms with E-state index in [1.807, 2.05) is 30.3 Å². The topological polar surface area (TPSA) is 93.4 Å². The van der Waals surface area contributed by atoms with E-state index in [0.29, 0.717) is 30.0 Å². The highest BCUT2D eigenvalue weighted by Crippen LogP contribution is 2.25. The first kappa shape index (κ1) is 20.9. The Morgan fingerprint density at radius 2 is 1.71 bits per heavy atom. The van der Waals surface area contributed by atoms with E-state index in [9.17, 15) is 18.0 Å². The van der Waals surface area contributed by atoms with Gasteiger partial charge in [-0.15, -0.1) is 0 Å². The zero-order valence-corrected chi connectivity index (χ0v) is 18.2. The molecule has 0 saturated carbocycles. The average Bonchev–Trinajstić information content (AvgIpc) is 2.97. The first-order valence-corrected chi connectivity index (χ1v) is 11.7. The van der Waals surface area contributed by atoms with Crippen molar-refractivity contribution in [3.8, 4) is 5.69 Å². The monoisotopic (exact) mass is 440 g/mol. The molecule has 1 aliphatic rings. The lowest BCUT2D eigenvalue weighted by Crippen LogP contribution is -2.37. The maximum absolute atomic E-state index is 13.0. The van der Waals surface area contributed by atoms with Crippen molar-refractivity contribution < 1.29 is 13.2 Å². The third kappa shape index (κ3) is 3.88. The van der Waals surface area contributed by atoms with E-state index in [4.69, 9.17) is 0 Å². The van der Waals surface area contributed by atoms with Crippen molar-refractivity contribution >= 4 is 27.3 Å². The number of benzene rings is 2. The molecule has 3 aromatic rings. The van der Waals surface area contributed by atoms with Crippen molar-refractivity contribution in [1.29, 1.82) is 0 Å². The number of aromatic nitrogens is 2. The van der Waals surface area contributed by atoms with Gasteiger partial charge < -0.3 is 5.32 Å². The number of sulfonamides is 1. The second kappa shape index (κ2) is 8.07. The van der Waals surface area contributed by atoms with Gasteiger partial charge in [0.05, 0.1) is 22.8 Å². The smallest absolute Gasteiger partial charge is 0.295 e. The van der Waals surface area contributed by atoms with Crippen LogP contribution in [0.1, 0.15) is 28.9 Å². The Morgan fingerprint density at radius 1 is 1.00 bits per heavy atom. The number of carbonyl (C=O) groups is 1. The zero-order valence-electron chi connectivity index (χ0n) is 17.4. The van der Waals surface area contributed by atoms with Gasteiger partial charge >= 0.3 is 0 Å². The normalized spacial score (nSPS) is 15.6. The minimum atomic E-state index is -3.38. The Morgan fingerprint density at radius 3 is 2.42 bits per heavy atom. The number of hydrogen-bond donors (Lipinski definition) is 1. The Balaban J connectivity index is 1.65. The summed E-state index contributed by atoms with van der Waals surface area (Å²) in [4.78, 5) is 26.0. The summed E-state index contributed by atoms with van der Waals surface area (Å²) in [6.07, 6.45) is 1.41. The molecule has 0 aliphatic carbocycles. The number of nitrogens with one attached hydrogen (secondary N) is 1. The second-order valence-electron chi connectivity index (χ2n) is 7.54. The molecular weight excluding hydrogens is 416 g/mol. The van der Waals surface area contributed by atoms with Gasteiger partial charge in [-0.25, -0.2) is 13.1 Å². The lowest BCUT2D eigenvalue weighted by atomic mass is 10.1. The summed E-state index contributed by atoms with van der Waals surface area (Å²) in [5, 5.41) is 2.72. The van der Waals surface area contributed by atoms with Crippen molar-refractivity contribution in [3.05, 3.63) is 76.2 Å². The molecule has 0 unspecified atom stereocenters. The van der Waals surface area contributed by atoms with Crippen molar-refractivity contribution in [2.75, 3.05) is 21.9 Å². The number of rotatable bonds is 4. The third-order valence-corrected chi connectivity index (χ3v) is 7.41. The lowest BCUT2D eigenvalue weighted by molar-refractivity contribution is 0.102. The molecule has 1 aromatic heterocycles. The van der Waals surface area contributed by atoms with Crippen molar-refractivity contribution in [3.63, 3.8) is 0 Å². The molecule has 2 aromatic carbocycles. The molecule has 8 nitrogen and oxygen atoms in total. The molecule has 1 aliphatic heterocycles. The molecule has 2 heterocycles. The molecule has 9 heteroatoms. The van der Waals surface area contributed by atoms with E-state index < -0.39 is 15.9 Å². The van der Waals surface area contributed by atoms with Crippen LogP contribution in [0.15, 0.2) is 59.4 Å². The Bertz CT molecular complexity index is 1290. The fourth-order valence-corrected chi connectivity index (χ4v) is 5.41. The van der Waals surface area contributed by atoms with E-state index >= 15 is 0 Å². The summed E-state index contributed by atoms with van der Waals surface area (Å²) in [6, 6.07) is 15.6. The van der Waals surface area contributed by atoms with Crippen LogP contribution in [0.25, 0.3) is 5.69 Å². The number of para-hydroxylation sites is 1. The van der Waals surface area contributed by atoms with E-state index in [-0.39, 0.29) is 22.6 Å². The molecule has 4 rings (SSSR count). The van der Waals surface area contributed by atoms with E-state index in [1.165, 1.54) is 8.99 Å². The molecule has 162 valence electrons. The fraction of sp³-hybridized carbons (Fsp3) is 0.273. The van der Waals surface area contributed by atoms with Crippen LogP contribution in [-0.2, 0) is 17.1 Å². The van der Waals surface area contributed by atoms with Crippen molar-refractivity contribution in [1.82, 2.24) is 9.36 Å². The first-order chi connectivity index (χ1) is 14.8. The molecule has 0 bridgehead atoms. The Labute approximate surface area is 180 Å².